The molecule has 0 saturated heterocycles. The van der Waals surface area contributed by atoms with Crippen molar-refractivity contribution >= 4 is 11.5 Å². The van der Waals surface area contributed by atoms with Crippen molar-refractivity contribution < 1.29 is 0 Å². The summed E-state index contributed by atoms with van der Waals surface area (Å²) >= 11 is 0. The van der Waals surface area contributed by atoms with E-state index in [1.54, 1.807) is 24.8 Å². The third kappa shape index (κ3) is 3.79. The predicted molar refractivity (Wildman–Crippen MR) is 68.2 cm³/mol. The lowest BCUT2D eigenvalue weighted by atomic mass is 10.3. The van der Waals surface area contributed by atoms with Crippen LogP contribution >= 0.6 is 0 Å². The number of aromatic nitrogens is 4. The fourth-order valence-corrected chi connectivity index (χ4v) is 1.21. The number of anilines is 2. The Morgan fingerprint density at radius 1 is 1.00 bits per heavy atom. The smallest absolute Gasteiger partial charge is 0.148 e. The highest BCUT2D eigenvalue weighted by molar-refractivity contribution is 5.56. The minimum absolute atomic E-state index is 0.688. The molecule has 0 aliphatic heterocycles. The van der Waals surface area contributed by atoms with Gasteiger partial charge in [0.2, 0.25) is 0 Å². The highest BCUT2D eigenvalue weighted by atomic mass is 15.0. The van der Waals surface area contributed by atoms with Crippen molar-refractivity contribution in [3.8, 4) is 0 Å². The van der Waals surface area contributed by atoms with Crippen LogP contribution in [0.2, 0.25) is 0 Å². The van der Waals surface area contributed by atoms with Crippen LogP contribution in [-0.4, -0.2) is 19.9 Å². The van der Waals surface area contributed by atoms with Crippen molar-refractivity contribution in [3.63, 3.8) is 0 Å². The molecule has 0 fully saturated rings. The van der Waals surface area contributed by atoms with Crippen LogP contribution in [0.4, 0.5) is 11.5 Å². The average Bonchev–Trinajstić information content (AvgIpc) is 2.37. The Labute approximate surface area is 101 Å². The van der Waals surface area contributed by atoms with Gasteiger partial charge in [-0.05, 0) is 13.8 Å². The van der Waals surface area contributed by atoms with Gasteiger partial charge in [-0.3, -0.25) is 4.98 Å². The van der Waals surface area contributed by atoms with E-state index in [4.69, 9.17) is 0 Å². The molecule has 0 bridgehead atoms. The topological polar surface area (TPSA) is 63.6 Å². The van der Waals surface area contributed by atoms with Crippen LogP contribution in [-0.2, 0) is 0 Å². The lowest BCUT2D eigenvalue weighted by Crippen LogP contribution is -2.00. The van der Waals surface area contributed by atoms with Crippen LogP contribution in [0.15, 0.2) is 24.8 Å². The molecular weight excluding hydrogens is 214 g/mol. The number of nitrogens with one attached hydrogen (secondary N) is 1. The molecule has 0 aromatic carbocycles. The van der Waals surface area contributed by atoms with Gasteiger partial charge in [-0.2, -0.15) is 0 Å². The quantitative estimate of drug-likeness (QED) is 0.860. The minimum atomic E-state index is 0.688. The molecule has 2 aromatic rings. The van der Waals surface area contributed by atoms with E-state index < -0.39 is 0 Å². The maximum Gasteiger partial charge on any atom is 0.148 e. The summed E-state index contributed by atoms with van der Waals surface area (Å²) in [6.45, 7) is 7.78. The van der Waals surface area contributed by atoms with Gasteiger partial charge >= 0.3 is 0 Å². The van der Waals surface area contributed by atoms with Crippen LogP contribution in [0.25, 0.3) is 0 Å². The molecular formula is C12H17N5. The van der Waals surface area contributed by atoms with E-state index in [1.807, 2.05) is 27.7 Å². The first-order valence-electron chi connectivity index (χ1n) is 5.59. The van der Waals surface area contributed by atoms with Gasteiger partial charge in [-0.15, -0.1) is 0 Å². The van der Waals surface area contributed by atoms with Gasteiger partial charge in [0.05, 0.1) is 23.8 Å². The molecule has 2 heterocycles. The fraction of sp³-hybridized carbons (Fsp3) is 0.333. The van der Waals surface area contributed by atoms with Crippen LogP contribution < -0.4 is 5.32 Å². The monoisotopic (exact) mass is 231 g/mol. The largest absolute Gasteiger partial charge is 0.336 e. The molecule has 17 heavy (non-hydrogen) atoms. The molecule has 5 nitrogen and oxygen atoms in total. The Kier molecular flexibility index (Phi) is 5.00. The van der Waals surface area contributed by atoms with Crippen molar-refractivity contribution in [1.82, 2.24) is 19.9 Å². The van der Waals surface area contributed by atoms with Gasteiger partial charge < -0.3 is 5.32 Å². The van der Waals surface area contributed by atoms with Gasteiger partial charge in [-0.25, -0.2) is 15.0 Å². The van der Waals surface area contributed by atoms with E-state index >= 15 is 0 Å². The molecule has 0 atom stereocenters. The zero-order chi connectivity index (χ0) is 12.7. The third-order valence-corrected chi connectivity index (χ3v) is 1.93. The fourth-order valence-electron chi connectivity index (χ4n) is 1.21. The Bertz CT molecular complexity index is 456. The average molecular weight is 231 g/mol. The van der Waals surface area contributed by atoms with Crippen LogP contribution in [0, 0.1) is 13.8 Å². The Morgan fingerprint density at radius 2 is 1.76 bits per heavy atom. The highest BCUT2D eigenvalue weighted by Gasteiger charge is 2.01. The van der Waals surface area contributed by atoms with Crippen LogP contribution in [0.1, 0.15) is 25.4 Å². The summed E-state index contributed by atoms with van der Waals surface area (Å²) in [5.41, 5.74) is 1.74. The van der Waals surface area contributed by atoms with Crippen molar-refractivity contribution in [2.75, 3.05) is 5.32 Å². The standard InChI is InChI=1S/C10H11N5.C2H6/c1-7-9(5-13-8(2)14-7)15-10-6-11-3-4-12-10;1-2/h3-6H,1-2H3,(H,12,15);1-2H3. The molecule has 90 valence electrons. The maximum absolute atomic E-state index is 4.25. The summed E-state index contributed by atoms with van der Waals surface area (Å²) in [4.78, 5) is 16.4. The second-order valence-electron chi connectivity index (χ2n) is 3.13. The summed E-state index contributed by atoms with van der Waals surface area (Å²) in [5, 5.41) is 3.10. The first-order valence-corrected chi connectivity index (χ1v) is 5.59. The summed E-state index contributed by atoms with van der Waals surface area (Å²) < 4.78 is 0. The molecule has 0 aliphatic rings. The second-order valence-corrected chi connectivity index (χ2v) is 3.13. The zero-order valence-corrected chi connectivity index (χ0v) is 10.6. The van der Waals surface area contributed by atoms with Crippen LogP contribution in [0.5, 0.6) is 0 Å². The highest BCUT2D eigenvalue weighted by Crippen LogP contribution is 2.14. The van der Waals surface area contributed by atoms with E-state index in [2.05, 4.69) is 25.3 Å². The number of rotatable bonds is 2. The molecule has 0 saturated carbocycles. The number of aryl methyl sites for hydroxylation is 2. The lowest BCUT2D eigenvalue weighted by molar-refractivity contribution is 1.01. The Balaban J connectivity index is 0.000000686. The lowest BCUT2D eigenvalue weighted by Gasteiger charge is -2.06. The summed E-state index contributed by atoms with van der Waals surface area (Å²) in [6.07, 6.45) is 6.65. The first kappa shape index (κ1) is 13.0. The van der Waals surface area contributed by atoms with Crippen molar-refractivity contribution in [1.29, 1.82) is 0 Å². The first-order chi connectivity index (χ1) is 8.25. The van der Waals surface area contributed by atoms with E-state index in [0.717, 1.165) is 17.2 Å². The minimum Gasteiger partial charge on any atom is -0.336 e. The van der Waals surface area contributed by atoms with E-state index in [0.29, 0.717) is 5.82 Å². The number of nitrogens with zero attached hydrogens (tertiary/aromatic N) is 4. The van der Waals surface area contributed by atoms with Gasteiger partial charge in [-0.1, -0.05) is 13.8 Å². The molecule has 0 amide bonds. The molecule has 1 N–H and O–H groups in total. The van der Waals surface area contributed by atoms with E-state index in [-0.39, 0.29) is 0 Å². The SMILES string of the molecule is CC.Cc1ncc(Nc2cnccn2)c(C)n1. The maximum atomic E-state index is 4.25. The molecule has 0 spiro atoms. The Morgan fingerprint density at radius 3 is 2.35 bits per heavy atom. The van der Waals surface area contributed by atoms with E-state index in [1.165, 1.54) is 0 Å². The van der Waals surface area contributed by atoms with Crippen LogP contribution in [0.3, 0.4) is 0 Å². The number of hydrogen-bond acceptors (Lipinski definition) is 5. The molecule has 2 aromatic heterocycles. The summed E-state index contributed by atoms with van der Waals surface area (Å²) in [5.74, 6) is 1.45. The normalized spacial score (nSPS) is 9.18. The molecule has 5 heteroatoms. The van der Waals surface area contributed by atoms with Crippen molar-refractivity contribution in [2.24, 2.45) is 0 Å². The number of hydrogen-bond donors (Lipinski definition) is 1. The molecule has 0 unspecified atom stereocenters. The zero-order valence-electron chi connectivity index (χ0n) is 10.6. The molecule has 0 aliphatic carbocycles. The van der Waals surface area contributed by atoms with Gasteiger partial charge in [0.15, 0.2) is 0 Å². The predicted octanol–water partition coefficient (Wildman–Crippen LogP) is 2.65. The second kappa shape index (κ2) is 6.52. The van der Waals surface area contributed by atoms with Crippen molar-refractivity contribution in [3.05, 3.63) is 36.3 Å². The van der Waals surface area contributed by atoms with E-state index in [9.17, 15) is 0 Å². The molecule has 2 rings (SSSR count). The Hall–Kier alpha value is -2.04. The van der Waals surface area contributed by atoms with Gasteiger partial charge in [0.1, 0.15) is 11.6 Å². The van der Waals surface area contributed by atoms with Gasteiger partial charge in [0, 0.05) is 12.4 Å². The van der Waals surface area contributed by atoms with Crippen molar-refractivity contribution in [2.45, 2.75) is 27.7 Å². The summed E-state index contributed by atoms with van der Waals surface area (Å²) in [7, 11) is 0. The molecule has 0 radical (unpaired) electrons. The summed E-state index contributed by atoms with van der Waals surface area (Å²) in [6, 6.07) is 0. The third-order valence-electron chi connectivity index (χ3n) is 1.93. The van der Waals surface area contributed by atoms with Gasteiger partial charge in [0.25, 0.3) is 0 Å².